The number of hydrogen-bond acceptors (Lipinski definition) is 4. The van der Waals surface area contributed by atoms with Crippen LogP contribution in [0, 0.1) is 13.8 Å². The Hall–Kier alpha value is -2.92. The van der Waals surface area contributed by atoms with E-state index in [9.17, 15) is 4.79 Å². The number of para-hydroxylation sites is 1. The molecule has 0 fully saturated rings. The number of nitrogens with one attached hydrogen (secondary N) is 2. The average Bonchev–Trinajstić information content (AvgIpc) is 2.67. The minimum absolute atomic E-state index is 0.232. The molecule has 0 saturated carbocycles. The van der Waals surface area contributed by atoms with Gasteiger partial charge in [0.25, 0.3) is 5.91 Å². The molecule has 0 aliphatic carbocycles. The number of anilines is 3. The first kappa shape index (κ1) is 18.9. The van der Waals surface area contributed by atoms with Gasteiger partial charge in [0.1, 0.15) is 0 Å². The van der Waals surface area contributed by atoms with Gasteiger partial charge >= 0.3 is 0 Å². The van der Waals surface area contributed by atoms with Crippen LogP contribution in [-0.2, 0) is 6.42 Å². The fourth-order valence-corrected chi connectivity index (χ4v) is 2.88. The molecule has 3 rings (SSSR count). The van der Waals surface area contributed by atoms with E-state index in [1.165, 1.54) is 12.4 Å². The Morgan fingerprint density at radius 2 is 1.81 bits per heavy atom. The van der Waals surface area contributed by atoms with Crippen LogP contribution < -0.4 is 10.6 Å². The second-order valence-electron chi connectivity index (χ2n) is 6.30. The van der Waals surface area contributed by atoms with Crippen molar-refractivity contribution in [2.45, 2.75) is 27.2 Å². The Morgan fingerprint density at radius 3 is 2.48 bits per heavy atom. The smallest absolute Gasteiger partial charge is 0.258 e. The molecule has 138 valence electrons. The number of nitrogens with zero attached hydrogens (tertiary/aromatic N) is 2. The van der Waals surface area contributed by atoms with Crippen LogP contribution in [0.1, 0.15) is 34.0 Å². The van der Waals surface area contributed by atoms with Crippen molar-refractivity contribution in [1.82, 2.24) is 9.97 Å². The third-order valence-electron chi connectivity index (χ3n) is 4.32. The molecule has 0 bridgehead atoms. The Kier molecular flexibility index (Phi) is 5.72. The molecule has 3 aromatic rings. The van der Waals surface area contributed by atoms with Crippen LogP contribution in [-0.4, -0.2) is 15.9 Å². The SMILES string of the molecule is CCc1cccc(C)c1NC(=O)c1cnc(Nc2ccc(C)c(Cl)c2)nc1. The van der Waals surface area contributed by atoms with E-state index in [0.717, 1.165) is 34.5 Å². The molecule has 0 unspecified atom stereocenters. The molecular weight excluding hydrogens is 360 g/mol. The van der Waals surface area contributed by atoms with E-state index >= 15 is 0 Å². The zero-order valence-electron chi connectivity index (χ0n) is 15.5. The molecule has 2 aromatic carbocycles. The second kappa shape index (κ2) is 8.18. The first-order chi connectivity index (χ1) is 13.0. The number of benzene rings is 2. The largest absolute Gasteiger partial charge is 0.324 e. The number of halogens is 1. The number of carbonyl (C=O) groups excluding carboxylic acids is 1. The van der Waals surface area contributed by atoms with Crippen molar-refractivity contribution in [2.75, 3.05) is 10.6 Å². The van der Waals surface area contributed by atoms with E-state index in [2.05, 4.69) is 27.5 Å². The van der Waals surface area contributed by atoms with Gasteiger partial charge in [-0.15, -0.1) is 0 Å². The highest BCUT2D eigenvalue weighted by Gasteiger charge is 2.12. The standard InChI is InChI=1S/C21H21ClN4O/c1-4-15-7-5-6-14(3)19(15)26-20(27)16-11-23-21(24-12-16)25-17-9-8-13(2)18(22)10-17/h5-12H,4H2,1-3H3,(H,26,27)(H,23,24,25). The lowest BCUT2D eigenvalue weighted by Gasteiger charge is -2.13. The fraction of sp³-hybridized carbons (Fsp3) is 0.190. The summed E-state index contributed by atoms with van der Waals surface area (Å²) in [5, 5.41) is 6.72. The van der Waals surface area contributed by atoms with Crippen LogP contribution >= 0.6 is 11.6 Å². The van der Waals surface area contributed by atoms with Crippen molar-refractivity contribution in [3.05, 3.63) is 76.1 Å². The van der Waals surface area contributed by atoms with Crippen LogP contribution in [0.5, 0.6) is 0 Å². The maximum atomic E-state index is 12.6. The predicted octanol–water partition coefficient (Wildman–Crippen LogP) is 5.31. The van der Waals surface area contributed by atoms with Crippen molar-refractivity contribution in [3.63, 3.8) is 0 Å². The summed E-state index contributed by atoms with van der Waals surface area (Å²) in [5.41, 5.74) is 5.15. The normalized spacial score (nSPS) is 10.5. The van der Waals surface area contributed by atoms with Gasteiger partial charge in [0.15, 0.2) is 0 Å². The highest BCUT2D eigenvalue weighted by atomic mass is 35.5. The molecule has 0 atom stereocenters. The van der Waals surface area contributed by atoms with Gasteiger partial charge in [-0.05, 0) is 49.1 Å². The first-order valence-corrected chi connectivity index (χ1v) is 9.10. The monoisotopic (exact) mass is 380 g/mol. The van der Waals surface area contributed by atoms with Gasteiger partial charge in [-0.2, -0.15) is 0 Å². The summed E-state index contributed by atoms with van der Waals surface area (Å²) in [6.07, 6.45) is 3.85. The van der Waals surface area contributed by atoms with Crippen molar-refractivity contribution in [2.24, 2.45) is 0 Å². The lowest BCUT2D eigenvalue weighted by atomic mass is 10.1. The minimum atomic E-state index is -0.232. The van der Waals surface area contributed by atoms with Crippen molar-refractivity contribution in [1.29, 1.82) is 0 Å². The number of aromatic nitrogens is 2. The van der Waals surface area contributed by atoms with Crippen LogP contribution in [0.4, 0.5) is 17.3 Å². The Morgan fingerprint density at radius 1 is 1.07 bits per heavy atom. The molecule has 0 radical (unpaired) electrons. The third kappa shape index (κ3) is 4.44. The van der Waals surface area contributed by atoms with Gasteiger partial charge < -0.3 is 10.6 Å². The maximum Gasteiger partial charge on any atom is 0.258 e. The zero-order chi connectivity index (χ0) is 19.4. The van der Waals surface area contributed by atoms with Gasteiger partial charge in [0.2, 0.25) is 5.95 Å². The van der Waals surface area contributed by atoms with Crippen LogP contribution in [0.2, 0.25) is 5.02 Å². The Balaban J connectivity index is 1.73. The van der Waals surface area contributed by atoms with Crippen LogP contribution in [0.25, 0.3) is 0 Å². The maximum absolute atomic E-state index is 12.6. The highest BCUT2D eigenvalue weighted by Crippen LogP contribution is 2.23. The second-order valence-corrected chi connectivity index (χ2v) is 6.71. The third-order valence-corrected chi connectivity index (χ3v) is 4.73. The number of hydrogen-bond donors (Lipinski definition) is 2. The summed E-state index contributed by atoms with van der Waals surface area (Å²) in [6.45, 7) is 5.98. The summed E-state index contributed by atoms with van der Waals surface area (Å²) in [4.78, 5) is 21.0. The van der Waals surface area contributed by atoms with Gasteiger partial charge in [-0.3, -0.25) is 4.79 Å². The zero-order valence-corrected chi connectivity index (χ0v) is 16.3. The molecule has 27 heavy (non-hydrogen) atoms. The highest BCUT2D eigenvalue weighted by molar-refractivity contribution is 6.31. The van der Waals surface area contributed by atoms with E-state index in [1.807, 2.05) is 50.2 Å². The minimum Gasteiger partial charge on any atom is -0.324 e. The van der Waals surface area contributed by atoms with E-state index in [1.54, 1.807) is 0 Å². The number of rotatable bonds is 5. The van der Waals surface area contributed by atoms with E-state index < -0.39 is 0 Å². The number of carbonyl (C=O) groups is 1. The van der Waals surface area contributed by atoms with Crippen molar-refractivity contribution in [3.8, 4) is 0 Å². The molecule has 0 aliphatic rings. The lowest BCUT2D eigenvalue weighted by Crippen LogP contribution is -2.15. The average molecular weight is 381 g/mol. The Labute approximate surface area is 163 Å². The van der Waals surface area contributed by atoms with Crippen LogP contribution in [0.15, 0.2) is 48.8 Å². The van der Waals surface area contributed by atoms with Gasteiger partial charge in [0.05, 0.1) is 5.56 Å². The molecule has 6 heteroatoms. The molecule has 1 heterocycles. The summed E-state index contributed by atoms with van der Waals surface area (Å²) in [7, 11) is 0. The summed E-state index contributed by atoms with van der Waals surface area (Å²) >= 11 is 6.13. The van der Waals surface area contributed by atoms with Crippen molar-refractivity contribution >= 4 is 34.8 Å². The van der Waals surface area contributed by atoms with Gasteiger partial charge in [-0.1, -0.05) is 42.8 Å². The van der Waals surface area contributed by atoms with Gasteiger partial charge in [-0.25, -0.2) is 9.97 Å². The van der Waals surface area contributed by atoms with E-state index in [-0.39, 0.29) is 5.91 Å². The summed E-state index contributed by atoms with van der Waals surface area (Å²) in [6, 6.07) is 11.6. The fourth-order valence-electron chi connectivity index (χ4n) is 2.70. The topological polar surface area (TPSA) is 66.9 Å². The summed E-state index contributed by atoms with van der Waals surface area (Å²) < 4.78 is 0. The van der Waals surface area contributed by atoms with E-state index in [4.69, 9.17) is 11.6 Å². The van der Waals surface area contributed by atoms with Gasteiger partial charge in [0, 0.05) is 28.8 Å². The molecule has 1 amide bonds. The molecule has 1 aromatic heterocycles. The molecule has 5 nitrogen and oxygen atoms in total. The number of amides is 1. The van der Waals surface area contributed by atoms with Crippen molar-refractivity contribution < 1.29 is 4.79 Å². The van der Waals surface area contributed by atoms with Crippen LogP contribution in [0.3, 0.4) is 0 Å². The summed E-state index contributed by atoms with van der Waals surface area (Å²) in [5.74, 6) is 0.167. The quantitative estimate of drug-likeness (QED) is 0.629. The first-order valence-electron chi connectivity index (χ1n) is 8.73. The van der Waals surface area contributed by atoms with E-state index in [0.29, 0.717) is 16.5 Å². The Bertz CT molecular complexity index is 970. The number of aryl methyl sites for hydroxylation is 3. The predicted molar refractivity (Wildman–Crippen MR) is 110 cm³/mol. The molecule has 0 aliphatic heterocycles. The molecule has 0 saturated heterocycles. The molecular formula is C21H21ClN4O. The molecule has 2 N–H and O–H groups in total. The molecule has 0 spiro atoms. The lowest BCUT2D eigenvalue weighted by molar-refractivity contribution is 0.102.